The molecule has 162 valence electrons. The second kappa shape index (κ2) is 9.22. The summed E-state index contributed by atoms with van der Waals surface area (Å²) in [5.74, 6) is -0.586. The Morgan fingerprint density at radius 1 is 1.10 bits per heavy atom. The Balaban J connectivity index is 1.66. The number of aromatic nitrogens is 2. The van der Waals surface area contributed by atoms with Gasteiger partial charge in [-0.2, -0.15) is 13.2 Å². The summed E-state index contributed by atoms with van der Waals surface area (Å²) in [6, 6.07) is 10.0. The van der Waals surface area contributed by atoms with Crippen LogP contribution in [0, 0.1) is 0 Å². The number of alkyl halides is 3. The summed E-state index contributed by atoms with van der Waals surface area (Å²) in [6.07, 6.45) is -1.16. The van der Waals surface area contributed by atoms with Crippen LogP contribution in [-0.4, -0.2) is 27.9 Å². The van der Waals surface area contributed by atoms with Crippen LogP contribution < -0.4 is 10.6 Å². The summed E-state index contributed by atoms with van der Waals surface area (Å²) in [7, 11) is 1.78. The summed E-state index contributed by atoms with van der Waals surface area (Å²) >= 11 is 5.94. The van der Waals surface area contributed by atoms with Gasteiger partial charge >= 0.3 is 6.18 Å². The zero-order valence-electron chi connectivity index (χ0n) is 16.3. The maximum Gasteiger partial charge on any atom is 0.416 e. The van der Waals surface area contributed by atoms with E-state index < -0.39 is 29.6 Å². The first kappa shape index (κ1) is 22.4. The topological polar surface area (TPSA) is 76.0 Å². The Morgan fingerprint density at radius 3 is 2.29 bits per heavy atom. The highest BCUT2D eigenvalue weighted by Crippen LogP contribution is 2.29. The van der Waals surface area contributed by atoms with Crippen LogP contribution >= 0.6 is 11.6 Å². The predicted octanol–water partition coefficient (Wildman–Crippen LogP) is 3.73. The Morgan fingerprint density at radius 2 is 1.74 bits per heavy atom. The molecule has 0 radical (unpaired) electrons. The van der Waals surface area contributed by atoms with Gasteiger partial charge in [0.1, 0.15) is 11.9 Å². The van der Waals surface area contributed by atoms with Gasteiger partial charge in [0, 0.05) is 30.0 Å². The van der Waals surface area contributed by atoms with Gasteiger partial charge in [0.15, 0.2) is 0 Å². The first-order valence-electron chi connectivity index (χ1n) is 9.12. The Hall–Kier alpha value is -3.33. The van der Waals surface area contributed by atoms with Crippen molar-refractivity contribution in [3.05, 3.63) is 88.5 Å². The number of nitrogens with one attached hydrogen (secondary N) is 2. The summed E-state index contributed by atoms with van der Waals surface area (Å²) in [5.41, 5.74) is -0.108. The number of hydrogen-bond donors (Lipinski definition) is 2. The SMILES string of the molecule is Cn1ccnc1C(NC(=O)CNC(=O)c1ccc(C(F)(F)F)cc1)c1ccc(Cl)cc1. The molecule has 10 heteroatoms. The lowest BCUT2D eigenvalue weighted by Gasteiger charge is -2.19. The molecule has 0 aliphatic heterocycles. The van der Waals surface area contributed by atoms with E-state index >= 15 is 0 Å². The van der Waals surface area contributed by atoms with E-state index in [0.29, 0.717) is 10.8 Å². The van der Waals surface area contributed by atoms with Crippen LogP contribution in [0.25, 0.3) is 0 Å². The van der Waals surface area contributed by atoms with Crippen LogP contribution in [0.5, 0.6) is 0 Å². The molecule has 1 unspecified atom stereocenters. The first-order valence-corrected chi connectivity index (χ1v) is 9.50. The van der Waals surface area contributed by atoms with Gasteiger partial charge in [-0.1, -0.05) is 23.7 Å². The van der Waals surface area contributed by atoms with Gasteiger partial charge in [-0.3, -0.25) is 9.59 Å². The minimum Gasteiger partial charge on any atom is -0.343 e. The number of carbonyl (C=O) groups is 2. The lowest BCUT2D eigenvalue weighted by molar-refractivity contribution is -0.137. The number of nitrogens with zero attached hydrogens (tertiary/aromatic N) is 2. The van der Waals surface area contributed by atoms with Crippen molar-refractivity contribution in [2.24, 2.45) is 7.05 Å². The summed E-state index contributed by atoms with van der Waals surface area (Å²) in [6.45, 7) is -0.367. The van der Waals surface area contributed by atoms with Crippen LogP contribution in [0.15, 0.2) is 60.9 Å². The van der Waals surface area contributed by atoms with Crippen molar-refractivity contribution in [3.63, 3.8) is 0 Å². The van der Waals surface area contributed by atoms with Gasteiger partial charge in [-0.25, -0.2) is 4.98 Å². The molecule has 0 aliphatic carbocycles. The molecule has 2 N–H and O–H groups in total. The average Bonchev–Trinajstić information content (AvgIpc) is 3.16. The van der Waals surface area contributed by atoms with Gasteiger partial charge in [0.25, 0.3) is 5.91 Å². The Kier molecular flexibility index (Phi) is 6.65. The highest BCUT2D eigenvalue weighted by Gasteiger charge is 2.30. The molecule has 3 rings (SSSR count). The van der Waals surface area contributed by atoms with Gasteiger partial charge < -0.3 is 15.2 Å². The van der Waals surface area contributed by atoms with Crippen molar-refractivity contribution >= 4 is 23.4 Å². The third-order valence-electron chi connectivity index (χ3n) is 4.51. The molecule has 0 fully saturated rings. The summed E-state index contributed by atoms with van der Waals surface area (Å²) in [4.78, 5) is 28.9. The van der Waals surface area contributed by atoms with E-state index in [9.17, 15) is 22.8 Å². The lowest BCUT2D eigenvalue weighted by atomic mass is 10.1. The van der Waals surface area contributed by atoms with Crippen molar-refractivity contribution in [3.8, 4) is 0 Å². The minimum absolute atomic E-state index is 0.0131. The van der Waals surface area contributed by atoms with Gasteiger partial charge in [0.2, 0.25) is 5.91 Å². The molecule has 3 aromatic rings. The minimum atomic E-state index is -4.49. The molecular weight excluding hydrogens is 433 g/mol. The summed E-state index contributed by atoms with van der Waals surface area (Å²) < 4.78 is 39.7. The number of benzene rings is 2. The van der Waals surface area contributed by atoms with Crippen molar-refractivity contribution in [2.45, 2.75) is 12.2 Å². The van der Waals surface area contributed by atoms with E-state index in [0.717, 1.165) is 29.8 Å². The van der Waals surface area contributed by atoms with Crippen molar-refractivity contribution < 1.29 is 22.8 Å². The molecule has 1 aromatic heterocycles. The maximum absolute atomic E-state index is 12.6. The van der Waals surface area contributed by atoms with Gasteiger partial charge in [-0.15, -0.1) is 0 Å². The van der Waals surface area contributed by atoms with Crippen LogP contribution in [0.4, 0.5) is 13.2 Å². The largest absolute Gasteiger partial charge is 0.416 e. The molecule has 31 heavy (non-hydrogen) atoms. The predicted molar refractivity (Wildman–Crippen MR) is 108 cm³/mol. The van der Waals surface area contributed by atoms with E-state index in [1.165, 1.54) is 0 Å². The molecular formula is C21H18ClF3N4O2. The maximum atomic E-state index is 12.6. The van der Waals surface area contributed by atoms with Gasteiger partial charge in [-0.05, 0) is 42.0 Å². The number of halogens is 4. The fourth-order valence-corrected chi connectivity index (χ4v) is 3.02. The number of imidazole rings is 1. The van der Waals surface area contributed by atoms with Crippen molar-refractivity contribution in [1.29, 1.82) is 0 Å². The number of hydrogen-bond acceptors (Lipinski definition) is 3. The number of carbonyl (C=O) groups excluding carboxylic acids is 2. The Labute approximate surface area is 181 Å². The first-order chi connectivity index (χ1) is 14.6. The fourth-order valence-electron chi connectivity index (χ4n) is 2.89. The number of amides is 2. The molecule has 0 saturated carbocycles. The quantitative estimate of drug-likeness (QED) is 0.601. The van der Waals surface area contributed by atoms with Crippen LogP contribution in [0.2, 0.25) is 5.02 Å². The number of rotatable bonds is 6. The van der Waals surface area contributed by atoms with Crippen LogP contribution in [0.1, 0.15) is 33.4 Å². The molecule has 0 aliphatic rings. The van der Waals surface area contributed by atoms with Crippen LogP contribution in [-0.2, 0) is 18.0 Å². The highest BCUT2D eigenvalue weighted by molar-refractivity contribution is 6.30. The van der Waals surface area contributed by atoms with E-state index in [4.69, 9.17) is 11.6 Å². The fraction of sp³-hybridized carbons (Fsp3) is 0.190. The molecule has 1 heterocycles. The normalized spacial score (nSPS) is 12.3. The summed E-state index contributed by atoms with van der Waals surface area (Å²) in [5, 5.41) is 5.74. The highest BCUT2D eigenvalue weighted by atomic mass is 35.5. The molecule has 0 saturated heterocycles. The third-order valence-corrected chi connectivity index (χ3v) is 4.76. The molecule has 0 spiro atoms. The average molecular weight is 451 g/mol. The van der Waals surface area contributed by atoms with E-state index in [-0.39, 0.29) is 12.1 Å². The lowest BCUT2D eigenvalue weighted by Crippen LogP contribution is -2.39. The van der Waals surface area contributed by atoms with Gasteiger partial charge in [0.05, 0.1) is 12.1 Å². The molecule has 6 nitrogen and oxygen atoms in total. The Bertz CT molecular complexity index is 1060. The smallest absolute Gasteiger partial charge is 0.343 e. The second-order valence-corrected chi connectivity index (χ2v) is 7.14. The monoisotopic (exact) mass is 450 g/mol. The van der Waals surface area contributed by atoms with Crippen LogP contribution in [0.3, 0.4) is 0 Å². The third kappa shape index (κ3) is 5.64. The number of aryl methyl sites for hydroxylation is 1. The van der Waals surface area contributed by atoms with E-state index in [1.807, 2.05) is 0 Å². The second-order valence-electron chi connectivity index (χ2n) is 6.71. The van der Waals surface area contributed by atoms with E-state index in [2.05, 4.69) is 15.6 Å². The molecule has 0 bridgehead atoms. The molecule has 2 amide bonds. The molecule has 1 atom stereocenters. The van der Waals surface area contributed by atoms with E-state index in [1.54, 1.807) is 48.3 Å². The zero-order valence-corrected chi connectivity index (χ0v) is 17.0. The van der Waals surface area contributed by atoms with Crippen molar-refractivity contribution in [2.75, 3.05) is 6.54 Å². The standard InChI is InChI=1S/C21H18ClF3N4O2/c1-29-11-10-26-19(29)18(13-4-8-16(22)9-5-13)28-17(30)12-27-20(31)14-2-6-15(7-3-14)21(23,24)25/h2-11,18H,12H2,1H3,(H,27,31)(H,28,30). The van der Waals surface area contributed by atoms with Crippen molar-refractivity contribution in [1.82, 2.24) is 20.2 Å². The molecule has 2 aromatic carbocycles. The zero-order chi connectivity index (χ0) is 22.6.